The molecule has 0 aliphatic rings. The number of aryl methyl sites for hydroxylation is 1. The number of thioether (sulfide) groups is 1. The van der Waals surface area contributed by atoms with Crippen molar-refractivity contribution < 1.29 is 0 Å². The van der Waals surface area contributed by atoms with Gasteiger partial charge in [-0.3, -0.25) is 0 Å². The molecule has 0 heterocycles. The van der Waals surface area contributed by atoms with Crippen molar-refractivity contribution >= 4 is 11.8 Å². The van der Waals surface area contributed by atoms with Crippen molar-refractivity contribution in [3.8, 4) is 0 Å². The highest BCUT2D eigenvalue weighted by Crippen LogP contribution is 2.20. The molecule has 1 N–H and O–H groups in total. The Bertz CT molecular complexity index is 321. The lowest BCUT2D eigenvalue weighted by atomic mass is 10.0. The van der Waals surface area contributed by atoms with Gasteiger partial charge in [-0.05, 0) is 36.3 Å². The topological polar surface area (TPSA) is 12.0 Å². The molecular weight excluding hydrogens is 250 g/mol. The normalized spacial score (nSPS) is 12.6. The Kier molecular flexibility index (Phi) is 9.02. The van der Waals surface area contributed by atoms with Crippen molar-refractivity contribution in [2.75, 3.05) is 18.1 Å². The molecule has 1 nitrogen and oxygen atoms in total. The molecular formula is C17H29NS. The van der Waals surface area contributed by atoms with Crippen molar-refractivity contribution in [1.29, 1.82) is 0 Å². The quantitative estimate of drug-likeness (QED) is 0.616. The summed E-state index contributed by atoms with van der Waals surface area (Å²) in [5, 5.41) is 3.61. The Morgan fingerprint density at radius 2 is 1.79 bits per heavy atom. The van der Waals surface area contributed by atoms with Crippen LogP contribution in [0.3, 0.4) is 0 Å². The molecule has 0 fully saturated rings. The second kappa shape index (κ2) is 10.3. The third-order valence-corrected chi connectivity index (χ3v) is 4.44. The molecule has 0 radical (unpaired) electrons. The highest BCUT2D eigenvalue weighted by atomic mass is 32.2. The smallest absolute Gasteiger partial charge is 0.0411 e. The van der Waals surface area contributed by atoms with Crippen molar-refractivity contribution in [1.82, 2.24) is 5.32 Å². The molecule has 0 bridgehead atoms. The van der Waals surface area contributed by atoms with Gasteiger partial charge in [0.15, 0.2) is 0 Å². The van der Waals surface area contributed by atoms with Gasteiger partial charge in [0.05, 0.1) is 0 Å². The van der Waals surface area contributed by atoms with Crippen LogP contribution in [0.1, 0.15) is 57.2 Å². The fraction of sp³-hybridized carbons (Fsp3) is 0.647. The van der Waals surface area contributed by atoms with Crippen molar-refractivity contribution in [2.45, 2.75) is 52.5 Å². The molecule has 0 saturated heterocycles. The highest BCUT2D eigenvalue weighted by Gasteiger charge is 2.09. The summed E-state index contributed by atoms with van der Waals surface area (Å²) in [6.07, 6.45) is 5.05. The summed E-state index contributed by atoms with van der Waals surface area (Å²) >= 11 is 2.07. The van der Waals surface area contributed by atoms with Crippen LogP contribution in [0.4, 0.5) is 0 Å². The van der Waals surface area contributed by atoms with Crippen LogP contribution in [0.5, 0.6) is 0 Å². The Balaban J connectivity index is 2.53. The van der Waals surface area contributed by atoms with E-state index in [0.717, 1.165) is 6.54 Å². The average Bonchev–Trinajstić information content (AvgIpc) is 2.44. The lowest BCUT2D eigenvalue weighted by molar-refractivity contribution is 0.605. The summed E-state index contributed by atoms with van der Waals surface area (Å²) in [7, 11) is 0. The molecule has 2 heteroatoms. The molecule has 0 aliphatic heterocycles. The van der Waals surface area contributed by atoms with Gasteiger partial charge in [-0.2, -0.15) is 11.8 Å². The average molecular weight is 279 g/mol. The minimum absolute atomic E-state index is 0.502. The predicted octanol–water partition coefficient (Wildman–Crippen LogP) is 4.82. The van der Waals surface area contributed by atoms with E-state index in [4.69, 9.17) is 0 Å². The fourth-order valence-corrected chi connectivity index (χ4v) is 3.38. The minimum Gasteiger partial charge on any atom is -0.310 e. The van der Waals surface area contributed by atoms with Crippen LogP contribution < -0.4 is 5.32 Å². The molecule has 0 aliphatic carbocycles. The number of hydrogen-bond donors (Lipinski definition) is 1. The van der Waals surface area contributed by atoms with Crippen molar-refractivity contribution in [3.05, 3.63) is 35.4 Å². The monoisotopic (exact) mass is 279 g/mol. The number of nitrogens with one attached hydrogen (secondary N) is 1. The summed E-state index contributed by atoms with van der Waals surface area (Å²) in [6.45, 7) is 7.72. The first-order valence-electron chi connectivity index (χ1n) is 7.71. The second-order valence-electron chi connectivity index (χ2n) is 5.03. The van der Waals surface area contributed by atoms with E-state index in [2.05, 4.69) is 62.1 Å². The third-order valence-electron chi connectivity index (χ3n) is 3.30. The van der Waals surface area contributed by atoms with E-state index in [0.29, 0.717) is 6.04 Å². The first kappa shape index (κ1) is 16.6. The third kappa shape index (κ3) is 6.49. The Morgan fingerprint density at radius 3 is 2.37 bits per heavy atom. The van der Waals surface area contributed by atoms with Gasteiger partial charge >= 0.3 is 0 Å². The zero-order valence-corrected chi connectivity index (χ0v) is 13.6. The zero-order chi connectivity index (χ0) is 13.9. The van der Waals surface area contributed by atoms with E-state index in [1.165, 1.54) is 48.3 Å². The van der Waals surface area contributed by atoms with Crippen LogP contribution in [0.25, 0.3) is 0 Å². The maximum Gasteiger partial charge on any atom is 0.0411 e. The van der Waals surface area contributed by atoms with E-state index in [-0.39, 0.29) is 0 Å². The van der Waals surface area contributed by atoms with Gasteiger partial charge in [0.1, 0.15) is 0 Å². The number of unbranched alkanes of at least 4 members (excludes halogenated alkanes) is 1. The van der Waals surface area contributed by atoms with Gasteiger partial charge in [0.2, 0.25) is 0 Å². The molecule has 19 heavy (non-hydrogen) atoms. The molecule has 1 aromatic carbocycles. The zero-order valence-electron chi connectivity index (χ0n) is 12.7. The lowest BCUT2D eigenvalue weighted by Gasteiger charge is -2.18. The maximum atomic E-state index is 3.61. The Labute approximate surface area is 123 Å². The summed E-state index contributed by atoms with van der Waals surface area (Å²) in [4.78, 5) is 0. The fourth-order valence-electron chi connectivity index (χ4n) is 2.17. The molecule has 0 spiro atoms. The standard InChI is InChI=1S/C17H29NS/c1-4-7-13-19-14-17(18-6-3)16-11-9-15(8-5-2)10-12-16/h9-12,17-18H,4-8,13-14H2,1-3H3. The first-order chi connectivity index (χ1) is 9.31. The Morgan fingerprint density at radius 1 is 1.05 bits per heavy atom. The maximum absolute atomic E-state index is 3.61. The summed E-state index contributed by atoms with van der Waals surface area (Å²) in [5.41, 5.74) is 2.89. The second-order valence-corrected chi connectivity index (χ2v) is 6.18. The molecule has 0 saturated carbocycles. The lowest BCUT2D eigenvalue weighted by Crippen LogP contribution is -2.23. The molecule has 108 valence electrons. The Hall–Kier alpha value is -0.470. The highest BCUT2D eigenvalue weighted by molar-refractivity contribution is 7.99. The van der Waals surface area contributed by atoms with Gasteiger partial charge in [-0.15, -0.1) is 0 Å². The van der Waals surface area contributed by atoms with Crippen LogP contribution >= 0.6 is 11.8 Å². The van der Waals surface area contributed by atoms with Crippen molar-refractivity contribution in [3.63, 3.8) is 0 Å². The molecule has 1 aromatic rings. The molecule has 1 unspecified atom stereocenters. The number of benzene rings is 1. The minimum atomic E-state index is 0.502. The van der Waals surface area contributed by atoms with Crippen LogP contribution in [-0.2, 0) is 6.42 Å². The van der Waals surface area contributed by atoms with Crippen LogP contribution in [0.2, 0.25) is 0 Å². The summed E-state index contributed by atoms with van der Waals surface area (Å²) in [6, 6.07) is 9.69. The van der Waals surface area contributed by atoms with E-state index in [1.54, 1.807) is 0 Å². The first-order valence-corrected chi connectivity index (χ1v) is 8.87. The van der Waals surface area contributed by atoms with Gasteiger partial charge in [-0.1, -0.05) is 57.9 Å². The van der Waals surface area contributed by atoms with E-state index < -0.39 is 0 Å². The van der Waals surface area contributed by atoms with E-state index in [1.807, 2.05) is 0 Å². The van der Waals surface area contributed by atoms with E-state index >= 15 is 0 Å². The van der Waals surface area contributed by atoms with Crippen LogP contribution in [-0.4, -0.2) is 18.1 Å². The number of rotatable bonds is 10. The SMILES string of the molecule is CCCCSCC(NCC)c1ccc(CCC)cc1. The molecule has 0 aromatic heterocycles. The summed E-state index contributed by atoms with van der Waals surface area (Å²) in [5.74, 6) is 2.47. The molecule has 1 atom stereocenters. The number of hydrogen-bond acceptors (Lipinski definition) is 2. The molecule has 1 rings (SSSR count). The van der Waals surface area contributed by atoms with Gasteiger partial charge < -0.3 is 5.32 Å². The van der Waals surface area contributed by atoms with Gasteiger partial charge in [0, 0.05) is 11.8 Å². The van der Waals surface area contributed by atoms with Crippen LogP contribution in [0, 0.1) is 0 Å². The summed E-state index contributed by atoms with van der Waals surface area (Å²) < 4.78 is 0. The van der Waals surface area contributed by atoms with Crippen LogP contribution in [0.15, 0.2) is 24.3 Å². The predicted molar refractivity (Wildman–Crippen MR) is 89.1 cm³/mol. The van der Waals surface area contributed by atoms with E-state index in [9.17, 15) is 0 Å². The van der Waals surface area contributed by atoms with Crippen molar-refractivity contribution in [2.24, 2.45) is 0 Å². The largest absolute Gasteiger partial charge is 0.310 e. The van der Waals surface area contributed by atoms with Gasteiger partial charge in [0.25, 0.3) is 0 Å². The molecule has 0 amide bonds. The van der Waals surface area contributed by atoms with Gasteiger partial charge in [-0.25, -0.2) is 0 Å².